The Morgan fingerprint density at radius 2 is 1.90 bits per heavy atom. The van der Waals surface area contributed by atoms with Gasteiger partial charge in [-0.15, -0.1) is 0 Å². The molecule has 0 radical (unpaired) electrons. The second-order valence-electron chi connectivity index (χ2n) is 7.59. The third-order valence-corrected chi connectivity index (χ3v) is 6.16. The average molecular weight is 448 g/mol. The molecule has 0 bridgehead atoms. The number of sulfonamides is 1. The molecular formula is C22H29N3O5S. The van der Waals surface area contributed by atoms with Crippen molar-refractivity contribution in [2.75, 3.05) is 17.1 Å². The van der Waals surface area contributed by atoms with Crippen LogP contribution < -0.4 is 9.62 Å². The maximum Gasteiger partial charge on any atom is 0.271 e. The van der Waals surface area contributed by atoms with Crippen molar-refractivity contribution in [2.24, 2.45) is 0 Å². The Bertz CT molecular complexity index is 1050. The summed E-state index contributed by atoms with van der Waals surface area (Å²) in [6.45, 7) is 5.78. The minimum absolute atomic E-state index is 0.137. The molecule has 168 valence electrons. The Kier molecular flexibility index (Phi) is 8.15. The van der Waals surface area contributed by atoms with Crippen molar-refractivity contribution in [3.05, 3.63) is 69.3 Å². The van der Waals surface area contributed by atoms with E-state index < -0.39 is 26.9 Å². The van der Waals surface area contributed by atoms with E-state index in [4.69, 9.17) is 0 Å². The topological polar surface area (TPSA) is 110 Å². The zero-order valence-corrected chi connectivity index (χ0v) is 19.1. The number of nitrogens with one attached hydrogen (secondary N) is 1. The van der Waals surface area contributed by atoms with Gasteiger partial charge in [0.15, 0.2) is 0 Å². The summed E-state index contributed by atoms with van der Waals surface area (Å²) in [6.07, 6.45) is 2.72. The van der Waals surface area contributed by atoms with Gasteiger partial charge in [0.2, 0.25) is 15.9 Å². The Labute approximate surface area is 183 Å². The average Bonchev–Trinajstić information content (AvgIpc) is 2.69. The fourth-order valence-corrected chi connectivity index (χ4v) is 4.73. The lowest BCUT2D eigenvalue weighted by Crippen LogP contribution is -2.49. The van der Waals surface area contributed by atoms with Gasteiger partial charge in [-0.25, -0.2) is 8.42 Å². The Hall–Kier alpha value is -2.94. The van der Waals surface area contributed by atoms with Crippen LogP contribution in [0.25, 0.3) is 0 Å². The molecule has 0 aliphatic rings. The van der Waals surface area contributed by atoms with Gasteiger partial charge in [0.05, 0.1) is 16.9 Å². The van der Waals surface area contributed by atoms with Gasteiger partial charge in [-0.1, -0.05) is 42.8 Å². The third-order valence-electron chi connectivity index (χ3n) is 4.99. The first kappa shape index (κ1) is 24.3. The lowest BCUT2D eigenvalue weighted by Gasteiger charge is -2.31. The fourth-order valence-electron chi connectivity index (χ4n) is 3.47. The van der Waals surface area contributed by atoms with Crippen LogP contribution in [0.4, 0.5) is 11.4 Å². The first-order chi connectivity index (χ1) is 14.5. The minimum atomic E-state index is -3.87. The van der Waals surface area contributed by atoms with E-state index in [0.29, 0.717) is 18.5 Å². The van der Waals surface area contributed by atoms with Gasteiger partial charge in [0.1, 0.15) is 6.04 Å². The van der Waals surface area contributed by atoms with Crippen LogP contribution in [0.15, 0.2) is 42.5 Å². The number of hydrogen-bond donors (Lipinski definition) is 1. The predicted octanol–water partition coefficient (Wildman–Crippen LogP) is 3.51. The van der Waals surface area contributed by atoms with Crippen molar-refractivity contribution in [2.45, 2.75) is 46.1 Å². The smallest absolute Gasteiger partial charge is 0.271 e. The van der Waals surface area contributed by atoms with Crippen molar-refractivity contribution >= 4 is 27.3 Å². The van der Waals surface area contributed by atoms with Gasteiger partial charge in [0, 0.05) is 18.7 Å². The summed E-state index contributed by atoms with van der Waals surface area (Å²) in [6, 6.07) is 11.1. The fraction of sp³-hybridized carbons (Fsp3) is 0.409. The van der Waals surface area contributed by atoms with Crippen molar-refractivity contribution in [3.63, 3.8) is 0 Å². The molecule has 0 saturated carbocycles. The Balaban J connectivity index is 2.18. The number of benzene rings is 2. The summed E-state index contributed by atoms with van der Waals surface area (Å²) < 4.78 is 26.2. The molecule has 0 aliphatic heterocycles. The number of rotatable bonds is 10. The van der Waals surface area contributed by atoms with Crippen LogP contribution in [-0.2, 0) is 21.2 Å². The maximum atomic E-state index is 12.9. The molecule has 0 saturated heterocycles. The highest BCUT2D eigenvalue weighted by Crippen LogP contribution is 2.30. The van der Waals surface area contributed by atoms with Gasteiger partial charge < -0.3 is 5.32 Å². The van der Waals surface area contributed by atoms with Crippen LogP contribution in [0.2, 0.25) is 0 Å². The quantitative estimate of drug-likeness (QED) is 0.340. The van der Waals surface area contributed by atoms with Crippen molar-refractivity contribution in [3.8, 4) is 0 Å². The summed E-state index contributed by atoms with van der Waals surface area (Å²) in [7, 11) is -3.87. The molecule has 0 fully saturated rings. The van der Waals surface area contributed by atoms with E-state index in [2.05, 4.69) is 11.4 Å². The summed E-state index contributed by atoms with van der Waals surface area (Å²) in [5.74, 6) is -0.428. The molecule has 1 atom stereocenters. The number of nitrogens with zero attached hydrogens (tertiary/aromatic N) is 2. The highest BCUT2D eigenvalue weighted by molar-refractivity contribution is 7.92. The normalized spacial score (nSPS) is 12.3. The van der Waals surface area contributed by atoms with E-state index in [0.717, 1.165) is 17.0 Å². The number of anilines is 1. The van der Waals surface area contributed by atoms with Gasteiger partial charge in [-0.3, -0.25) is 19.2 Å². The molecule has 0 heterocycles. The van der Waals surface area contributed by atoms with Crippen LogP contribution in [-0.4, -0.2) is 38.1 Å². The Morgan fingerprint density at radius 1 is 1.19 bits per heavy atom. The minimum Gasteiger partial charge on any atom is -0.354 e. The van der Waals surface area contributed by atoms with Crippen LogP contribution in [0, 0.1) is 24.0 Å². The molecule has 2 aromatic rings. The van der Waals surface area contributed by atoms with Crippen LogP contribution in [0.3, 0.4) is 0 Å². The molecule has 0 aromatic heterocycles. The first-order valence-electron chi connectivity index (χ1n) is 10.1. The summed E-state index contributed by atoms with van der Waals surface area (Å²) in [4.78, 5) is 23.5. The lowest BCUT2D eigenvalue weighted by atomic mass is 10.1. The second-order valence-corrected chi connectivity index (χ2v) is 9.45. The summed E-state index contributed by atoms with van der Waals surface area (Å²) in [5, 5.41) is 14.0. The number of nitro benzene ring substituents is 1. The molecular weight excluding hydrogens is 418 g/mol. The summed E-state index contributed by atoms with van der Waals surface area (Å²) in [5.41, 5.74) is 2.78. The zero-order chi connectivity index (χ0) is 23.2. The molecule has 1 amide bonds. The predicted molar refractivity (Wildman–Crippen MR) is 122 cm³/mol. The van der Waals surface area contributed by atoms with E-state index in [-0.39, 0.29) is 17.8 Å². The molecule has 2 rings (SSSR count). The van der Waals surface area contributed by atoms with E-state index in [1.807, 2.05) is 25.1 Å². The van der Waals surface area contributed by atoms with E-state index in [9.17, 15) is 23.3 Å². The highest BCUT2D eigenvalue weighted by atomic mass is 32.2. The maximum absolute atomic E-state index is 12.9. The number of aryl methyl sites for hydroxylation is 3. The van der Waals surface area contributed by atoms with Crippen molar-refractivity contribution in [1.29, 1.82) is 0 Å². The number of carbonyl (C=O) groups excluding carboxylic acids is 1. The van der Waals surface area contributed by atoms with Crippen molar-refractivity contribution < 1.29 is 18.1 Å². The zero-order valence-electron chi connectivity index (χ0n) is 18.3. The lowest BCUT2D eigenvalue weighted by molar-refractivity contribution is -0.384. The SMILES string of the molecule is CC[C@@H](C(=O)NCCCc1cccc(C)c1)N(c1cc([N+](=O)[O-])ccc1C)S(C)(=O)=O. The van der Waals surface area contributed by atoms with Gasteiger partial charge in [-0.2, -0.15) is 0 Å². The molecule has 31 heavy (non-hydrogen) atoms. The van der Waals surface area contributed by atoms with E-state index in [1.165, 1.54) is 29.3 Å². The highest BCUT2D eigenvalue weighted by Gasteiger charge is 2.33. The molecule has 0 unspecified atom stereocenters. The number of non-ortho nitro benzene ring substituents is 1. The van der Waals surface area contributed by atoms with Crippen LogP contribution in [0.1, 0.15) is 36.5 Å². The molecule has 1 N–H and O–H groups in total. The van der Waals surface area contributed by atoms with Gasteiger partial charge in [0.25, 0.3) is 5.69 Å². The monoisotopic (exact) mass is 447 g/mol. The molecule has 0 aliphatic carbocycles. The van der Waals surface area contributed by atoms with Gasteiger partial charge in [-0.05, 0) is 44.2 Å². The van der Waals surface area contributed by atoms with E-state index in [1.54, 1.807) is 13.8 Å². The summed E-state index contributed by atoms with van der Waals surface area (Å²) >= 11 is 0. The Morgan fingerprint density at radius 3 is 2.48 bits per heavy atom. The first-order valence-corrected chi connectivity index (χ1v) is 12.0. The van der Waals surface area contributed by atoms with Gasteiger partial charge >= 0.3 is 0 Å². The number of hydrogen-bond acceptors (Lipinski definition) is 5. The molecule has 9 heteroatoms. The molecule has 0 spiro atoms. The second kappa shape index (κ2) is 10.4. The number of carbonyl (C=O) groups is 1. The third kappa shape index (κ3) is 6.52. The van der Waals surface area contributed by atoms with Crippen LogP contribution >= 0.6 is 0 Å². The number of nitro groups is 1. The standard InChI is InChI=1S/C22H29N3O5S/c1-5-20(22(26)23-13-7-10-18-9-6-8-16(2)14-18)24(31(4,29)30)21-15-19(25(27)28)12-11-17(21)3/h6,8-9,11-12,14-15,20H,5,7,10,13H2,1-4H3,(H,23,26)/t20-/m0/s1. The van der Waals surface area contributed by atoms with Crippen molar-refractivity contribution in [1.82, 2.24) is 5.32 Å². The largest absolute Gasteiger partial charge is 0.354 e. The van der Waals surface area contributed by atoms with E-state index >= 15 is 0 Å². The van der Waals surface area contributed by atoms with Crippen LogP contribution in [0.5, 0.6) is 0 Å². The molecule has 8 nitrogen and oxygen atoms in total. The number of amides is 1. The molecule has 2 aromatic carbocycles.